The summed E-state index contributed by atoms with van der Waals surface area (Å²) in [6.07, 6.45) is 0. The van der Waals surface area contributed by atoms with Crippen molar-refractivity contribution in [2.45, 2.75) is 21.3 Å². The van der Waals surface area contributed by atoms with Gasteiger partial charge in [-0.2, -0.15) is 0 Å². The highest BCUT2D eigenvalue weighted by Gasteiger charge is 2.12. The molecule has 0 N–H and O–H groups in total. The third kappa shape index (κ3) is 9.17. The average Bonchev–Trinajstić information content (AvgIpc) is 3.25. The van der Waals surface area contributed by atoms with E-state index in [4.69, 9.17) is 4.74 Å². The highest BCUT2D eigenvalue weighted by molar-refractivity contribution is 9.09. The van der Waals surface area contributed by atoms with Crippen LogP contribution in [0.1, 0.15) is 66.8 Å². The number of fused-ring (bicyclic) bond motifs is 2. The van der Waals surface area contributed by atoms with Gasteiger partial charge in [0.25, 0.3) is 0 Å². The molecule has 56 heavy (non-hydrogen) atoms. The molecule has 0 radical (unpaired) electrons. The summed E-state index contributed by atoms with van der Waals surface area (Å²) in [5.41, 5.74) is 12.2. The molecule has 0 aromatic heterocycles. The quantitative estimate of drug-likeness (QED) is 0.0949. The summed E-state index contributed by atoms with van der Waals surface area (Å²) in [5, 5.41) is 7.00. The van der Waals surface area contributed by atoms with E-state index in [9.17, 15) is 0 Å². The topological polar surface area (TPSA) is 9.23 Å². The Morgan fingerprint density at radius 1 is 0.375 bits per heavy atom. The van der Waals surface area contributed by atoms with Gasteiger partial charge in [0.2, 0.25) is 0 Å². The molecule has 1 nitrogen and oxygen atoms in total. The van der Waals surface area contributed by atoms with E-state index in [1.54, 1.807) is 7.11 Å². The molecule has 0 saturated carbocycles. The Hall–Kier alpha value is -4.98. The summed E-state index contributed by atoms with van der Waals surface area (Å²) >= 11 is 14.4. The van der Waals surface area contributed by atoms with E-state index >= 15 is 0 Å². The van der Waals surface area contributed by atoms with E-state index in [1.165, 1.54) is 11.1 Å². The van der Waals surface area contributed by atoms with Gasteiger partial charge in [-0.3, -0.25) is 0 Å². The fourth-order valence-electron chi connectivity index (χ4n) is 6.40. The van der Waals surface area contributed by atoms with Crippen LogP contribution < -0.4 is 4.74 Å². The molecule has 0 aliphatic carbocycles. The van der Waals surface area contributed by atoms with E-state index in [1.807, 2.05) is 48.5 Å². The number of ether oxygens (including phenoxy) is 1. The summed E-state index contributed by atoms with van der Waals surface area (Å²) in [6.45, 7) is 0. The Morgan fingerprint density at radius 2 is 0.786 bits per heavy atom. The van der Waals surface area contributed by atoms with Crippen molar-refractivity contribution in [2.24, 2.45) is 0 Å². The minimum absolute atomic E-state index is 0.678. The van der Waals surface area contributed by atoms with Crippen LogP contribution in [0.5, 0.6) is 5.75 Å². The number of halogens is 4. The van der Waals surface area contributed by atoms with Crippen molar-refractivity contribution in [3.63, 3.8) is 0 Å². The Labute approximate surface area is 362 Å². The van der Waals surface area contributed by atoms with Gasteiger partial charge < -0.3 is 4.74 Å². The molecule has 0 saturated heterocycles. The van der Waals surface area contributed by atoms with Crippen LogP contribution in [0.2, 0.25) is 0 Å². The second-order valence-electron chi connectivity index (χ2n) is 12.9. The molecule has 0 fully saturated rings. The first-order valence-corrected chi connectivity index (χ1v) is 22.3. The minimum Gasteiger partial charge on any atom is -0.495 e. The third-order valence-electron chi connectivity index (χ3n) is 9.22. The van der Waals surface area contributed by atoms with Crippen LogP contribution in [-0.4, -0.2) is 7.11 Å². The first-order valence-electron chi connectivity index (χ1n) is 17.8. The zero-order valence-electron chi connectivity index (χ0n) is 30.4. The molecule has 7 rings (SSSR count). The molecule has 0 unspecified atom stereocenters. The van der Waals surface area contributed by atoms with Gasteiger partial charge in [-0.05, 0) is 101 Å². The largest absolute Gasteiger partial charge is 0.495 e. The molecule has 0 amide bonds. The lowest BCUT2D eigenvalue weighted by atomic mass is 9.95. The van der Waals surface area contributed by atoms with Crippen molar-refractivity contribution >= 4 is 85.3 Å². The molecule has 7 aromatic carbocycles. The first kappa shape index (κ1) is 39.3. The number of hydrogen-bond donors (Lipinski definition) is 0. The van der Waals surface area contributed by atoms with Crippen molar-refractivity contribution in [1.29, 1.82) is 0 Å². The number of benzene rings is 7. The van der Waals surface area contributed by atoms with Crippen LogP contribution in [0.25, 0.3) is 21.5 Å². The normalized spacial score (nSPS) is 10.3. The Morgan fingerprint density at radius 3 is 1.20 bits per heavy atom. The first-order chi connectivity index (χ1) is 27.5. The second-order valence-corrected chi connectivity index (χ2v) is 15.1. The van der Waals surface area contributed by atoms with E-state index < -0.39 is 0 Å². The molecule has 0 spiro atoms. The van der Waals surface area contributed by atoms with Gasteiger partial charge in [0.15, 0.2) is 0 Å². The number of alkyl halides is 4. The molecule has 0 aliphatic heterocycles. The van der Waals surface area contributed by atoms with Crippen molar-refractivity contribution in [3.05, 3.63) is 194 Å². The highest BCUT2D eigenvalue weighted by Crippen LogP contribution is 2.37. The maximum Gasteiger partial charge on any atom is 0.134 e. The van der Waals surface area contributed by atoms with Crippen molar-refractivity contribution < 1.29 is 4.74 Å². The van der Waals surface area contributed by atoms with Crippen LogP contribution in [0.3, 0.4) is 0 Å². The molecular formula is C51H32Br4O. The fraction of sp³-hybridized carbons (Fsp3) is 0.0980. The van der Waals surface area contributed by atoms with Crippen LogP contribution in [-0.2, 0) is 21.3 Å². The highest BCUT2D eigenvalue weighted by atomic mass is 79.9. The molecule has 0 atom stereocenters. The predicted molar refractivity (Wildman–Crippen MR) is 248 cm³/mol. The molecule has 5 heteroatoms. The third-order valence-corrected chi connectivity index (χ3v) is 11.7. The van der Waals surface area contributed by atoms with E-state index in [-0.39, 0.29) is 0 Å². The SMILES string of the molecule is COc1c2cccc(C#Cc3ccc(C#Cc4cccc(CBr)c4)c(CBr)c3)c2cc2c(C#Cc3ccc(C#Cc4cccc(CBr)c4)c(CBr)c3)cccc12. The Kier molecular flexibility index (Phi) is 13.2. The van der Waals surface area contributed by atoms with Gasteiger partial charge >= 0.3 is 0 Å². The zero-order valence-corrected chi connectivity index (χ0v) is 36.7. The van der Waals surface area contributed by atoms with Crippen molar-refractivity contribution in [2.75, 3.05) is 7.11 Å². The summed E-state index contributed by atoms with van der Waals surface area (Å²) in [6, 6.07) is 43.5. The van der Waals surface area contributed by atoms with Crippen LogP contribution in [0.4, 0.5) is 0 Å². The monoisotopic (exact) mass is 976 g/mol. The van der Waals surface area contributed by atoms with Crippen LogP contribution in [0.15, 0.2) is 127 Å². The fourth-order valence-corrected chi connectivity index (χ4v) is 8.02. The van der Waals surface area contributed by atoms with Gasteiger partial charge in [0.05, 0.1) is 7.11 Å². The maximum absolute atomic E-state index is 6.06. The molecule has 0 heterocycles. The van der Waals surface area contributed by atoms with Gasteiger partial charge in [0.1, 0.15) is 5.75 Å². The molecule has 0 aliphatic rings. The summed E-state index contributed by atoms with van der Waals surface area (Å²) in [7, 11) is 1.72. The minimum atomic E-state index is 0.678. The number of methoxy groups -OCH3 is 1. The molecule has 270 valence electrons. The summed E-state index contributed by atoms with van der Waals surface area (Å²) in [4.78, 5) is 0. The summed E-state index contributed by atoms with van der Waals surface area (Å²) in [5.74, 6) is 27.9. The van der Waals surface area contributed by atoms with Crippen LogP contribution >= 0.6 is 63.7 Å². The lowest BCUT2D eigenvalue weighted by Crippen LogP contribution is -1.92. The summed E-state index contributed by atoms with van der Waals surface area (Å²) < 4.78 is 6.06. The smallest absolute Gasteiger partial charge is 0.134 e. The van der Waals surface area contributed by atoms with E-state index in [0.717, 1.165) is 93.6 Å². The maximum atomic E-state index is 6.06. The van der Waals surface area contributed by atoms with Crippen molar-refractivity contribution in [3.8, 4) is 53.1 Å². The van der Waals surface area contributed by atoms with Gasteiger partial charge in [-0.25, -0.2) is 0 Å². The van der Waals surface area contributed by atoms with Gasteiger partial charge in [0, 0.05) is 87.4 Å². The Balaban J connectivity index is 1.22. The zero-order chi connectivity index (χ0) is 38.9. The van der Waals surface area contributed by atoms with E-state index in [2.05, 4.69) is 190 Å². The van der Waals surface area contributed by atoms with E-state index in [0.29, 0.717) is 10.7 Å². The molecular weight excluding hydrogens is 948 g/mol. The number of hydrogen-bond acceptors (Lipinski definition) is 1. The van der Waals surface area contributed by atoms with Crippen molar-refractivity contribution in [1.82, 2.24) is 0 Å². The molecule has 0 bridgehead atoms. The number of rotatable bonds is 5. The van der Waals surface area contributed by atoms with Gasteiger partial charge in [-0.15, -0.1) is 0 Å². The Bertz CT molecular complexity index is 2690. The predicted octanol–water partition coefficient (Wildman–Crippen LogP) is 13.2. The second kappa shape index (κ2) is 18.8. The van der Waals surface area contributed by atoms with Gasteiger partial charge in [-0.1, -0.05) is 160 Å². The molecule has 7 aromatic rings. The van der Waals surface area contributed by atoms with Crippen LogP contribution in [0, 0.1) is 47.4 Å². The lowest BCUT2D eigenvalue weighted by Gasteiger charge is -2.12. The average molecular weight is 980 g/mol. The standard InChI is InChI=1S/C51H32Br4O/c1-56-51-47-12-4-10-43(24-18-37-16-22-41(45(28-37)33-54)20-14-35-6-2-8-39(26-35)31-52)49(47)30-50-44(11-5-13-48(50)51)25-19-38-17-23-42(46(29-38)34-55)21-15-36-7-3-9-40(27-36)32-53/h2-13,16-17,22-23,26-30H,31-34H2,1H3. The lowest BCUT2D eigenvalue weighted by molar-refractivity contribution is 0.424.